The van der Waals surface area contributed by atoms with Gasteiger partial charge in [0.2, 0.25) is 0 Å². The molecule has 1 atom stereocenters. The van der Waals surface area contributed by atoms with Crippen LogP contribution in [0, 0.1) is 0 Å². The third-order valence-electron chi connectivity index (χ3n) is 3.63. The number of ether oxygens (including phenoxy) is 1. The van der Waals surface area contributed by atoms with Crippen LogP contribution in [-0.4, -0.2) is 44.7 Å². The Balaban J connectivity index is 0.00000364. The fourth-order valence-electron chi connectivity index (χ4n) is 2.25. The summed E-state index contributed by atoms with van der Waals surface area (Å²) in [6, 6.07) is 13.8. The van der Waals surface area contributed by atoms with Gasteiger partial charge in [-0.2, -0.15) is 0 Å². The molecule has 8 heteroatoms. The predicted octanol–water partition coefficient (Wildman–Crippen LogP) is 3.66. The summed E-state index contributed by atoms with van der Waals surface area (Å²) in [5.74, 6) is 2.47. The van der Waals surface area contributed by atoms with E-state index in [1.807, 2.05) is 68.4 Å². The van der Waals surface area contributed by atoms with Crippen LogP contribution in [0.4, 0.5) is 5.82 Å². The molecule has 0 radical (unpaired) electrons. The Morgan fingerprint density at radius 1 is 1.19 bits per heavy atom. The molecular weight excluding hydrogens is 521 g/mol. The summed E-state index contributed by atoms with van der Waals surface area (Å²) in [6.07, 6.45) is -0.0116. The molecule has 1 heterocycles. The van der Waals surface area contributed by atoms with Crippen LogP contribution in [0.1, 0.15) is 12.6 Å². The predicted molar refractivity (Wildman–Crippen MR) is 126 cm³/mol. The molecule has 1 unspecified atom stereocenters. The first-order chi connectivity index (χ1) is 12.5. The lowest BCUT2D eigenvalue weighted by Gasteiger charge is -2.18. The lowest BCUT2D eigenvalue weighted by Crippen LogP contribution is -2.41. The minimum atomic E-state index is -0.0116. The molecule has 0 spiro atoms. The second-order valence-electron chi connectivity index (χ2n) is 6.05. The van der Waals surface area contributed by atoms with E-state index >= 15 is 0 Å². The van der Waals surface area contributed by atoms with Crippen molar-refractivity contribution in [2.75, 3.05) is 32.6 Å². The molecule has 0 bridgehead atoms. The van der Waals surface area contributed by atoms with Crippen LogP contribution in [0.2, 0.25) is 0 Å². The fourth-order valence-corrected chi connectivity index (χ4v) is 2.63. The van der Waals surface area contributed by atoms with E-state index in [1.54, 1.807) is 7.05 Å². The van der Waals surface area contributed by atoms with Crippen LogP contribution in [0.5, 0.6) is 5.75 Å². The average Bonchev–Trinajstić information content (AvgIpc) is 2.64. The van der Waals surface area contributed by atoms with Crippen molar-refractivity contribution in [3.8, 4) is 5.75 Å². The van der Waals surface area contributed by atoms with E-state index in [-0.39, 0.29) is 30.1 Å². The lowest BCUT2D eigenvalue weighted by molar-refractivity contribution is 0.222. The zero-order valence-electron chi connectivity index (χ0n) is 16.1. The minimum absolute atomic E-state index is 0. The second kappa shape index (κ2) is 12.0. The van der Waals surface area contributed by atoms with Crippen LogP contribution < -0.4 is 20.3 Å². The lowest BCUT2D eigenvalue weighted by atomic mass is 10.3. The molecule has 2 aromatic rings. The molecule has 1 aromatic heterocycles. The number of aliphatic imine (C=N–C) groups is 1. The zero-order valence-corrected chi connectivity index (χ0v) is 20.0. The number of hydrogen-bond acceptors (Lipinski definition) is 4. The van der Waals surface area contributed by atoms with Gasteiger partial charge in [-0.3, -0.25) is 4.99 Å². The smallest absolute Gasteiger partial charge is 0.191 e. The van der Waals surface area contributed by atoms with Crippen LogP contribution in [-0.2, 0) is 6.54 Å². The van der Waals surface area contributed by atoms with Gasteiger partial charge >= 0.3 is 0 Å². The molecular formula is C19H27BrIN5O. The van der Waals surface area contributed by atoms with Gasteiger partial charge in [0.1, 0.15) is 17.7 Å². The molecule has 6 nitrogen and oxygen atoms in total. The van der Waals surface area contributed by atoms with Crippen LogP contribution in [0.25, 0.3) is 0 Å². The highest BCUT2D eigenvalue weighted by Crippen LogP contribution is 2.24. The fraction of sp³-hybridized carbons (Fsp3) is 0.368. The highest BCUT2D eigenvalue weighted by Gasteiger charge is 2.08. The maximum Gasteiger partial charge on any atom is 0.191 e. The van der Waals surface area contributed by atoms with E-state index in [9.17, 15) is 0 Å². The number of rotatable bonds is 7. The van der Waals surface area contributed by atoms with Gasteiger partial charge in [-0.1, -0.05) is 18.2 Å². The Kier molecular flexibility index (Phi) is 10.5. The van der Waals surface area contributed by atoms with Gasteiger partial charge in [-0.15, -0.1) is 24.0 Å². The number of nitrogens with zero attached hydrogens (tertiary/aromatic N) is 3. The summed E-state index contributed by atoms with van der Waals surface area (Å²) in [4.78, 5) is 10.8. The number of pyridine rings is 1. The molecule has 148 valence electrons. The summed E-state index contributed by atoms with van der Waals surface area (Å²) in [6.45, 7) is 3.24. The molecule has 1 aromatic carbocycles. The topological polar surface area (TPSA) is 61.8 Å². The van der Waals surface area contributed by atoms with Crippen molar-refractivity contribution < 1.29 is 4.74 Å². The highest BCUT2D eigenvalue weighted by molar-refractivity contribution is 14.0. The third kappa shape index (κ3) is 7.92. The Hall–Kier alpha value is -1.55. The SMILES string of the molecule is CN=C(NCc1cccc(N(C)C)n1)NCC(C)Oc1ccccc1Br.I. The number of hydrogen-bond donors (Lipinski definition) is 2. The Morgan fingerprint density at radius 2 is 1.93 bits per heavy atom. The van der Waals surface area contributed by atoms with E-state index in [0.29, 0.717) is 19.0 Å². The van der Waals surface area contributed by atoms with Crippen molar-refractivity contribution in [3.05, 3.63) is 52.6 Å². The molecule has 0 aliphatic heterocycles. The summed E-state index contributed by atoms with van der Waals surface area (Å²) in [5, 5.41) is 6.55. The zero-order chi connectivity index (χ0) is 18.9. The number of para-hydroxylation sites is 1. The van der Waals surface area contributed by atoms with Gasteiger partial charge < -0.3 is 20.3 Å². The number of halogens is 2. The van der Waals surface area contributed by atoms with Gasteiger partial charge in [0.25, 0.3) is 0 Å². The molecule has 0 saturated carbocycles. The highest BCUT2D eigenvalue weighted by atomic mass is 127. The maximum atomic E-state index is 5.93. The van der Waals surface area contributed by atoms with Crippen LogP contribution >= 0.6 is 39.9 Å². The first-order valence-electron chi connectivity index (χ1n) is 8.48. The number of guanidine groups is 1. The molecule has 0 aliphatic rings. The van der Waals surface area contributed by atoms with Gasteiger partial charge in [0.15, 0.2) is 5.96 Å². The molecule has 0 aliphatic carbocycles. The van der Waals surface area contributed by atoms with Crippen molar-refractivity contribution in [1.29, 1.82) is 0 Å². The normalized spacial score (nSPS) is 12.0. The first kappa shape index (κ1) is 23.5. The molecule has 0 saturated heterocycles. The van der Waals surface area contributed by atoms with Crippen molar-refractivity contribution >= 4 is 51.7 Å². The van der Waals surface area contributed by atoms with Gasteiger partial charge in [-0.05, 0) is 47.1 Å². The monoisotopic (exact) mass is 547 g/mol. The maximum absolute atomic E-state index is 5.93. The Bertz CT molecular complexity index is 742. The number of benzene rings is 1. The van der Waals surface area contributed by atoms with E-state index < -0.39 is 0 Å². The molecule has 0 fully saturated rings. The summed E-state index contributed by atoms with van der Waals surface area (Å²) in [7, 11) is 5.71. The average molecular weight is 548 g/mol. The molecule has 2 rings (SSSR count). The van der Waals surface area contributed by atoms with Crippen molar-refractivity contribution in [1.82, 2.24) is 15.6 Å². The second-order valence-corrected chi connectivity index (χ2v) is 6.90. The van der Waals surface area contributed by atoms with E-state index in [1.165, 1.54) is 0 Å². The molecule has 2 N–H and O–H groups in total. The largest absolute Gasteiger partial charge is 0.488 e. The summed E-state index contributed by atoms with van der Waals surface area (Å²) in [5.41, 5.74) is 0.955. The molecule has 27 heavy (non-hydrogen) atoms. The summed E-state index contributed by atoms with van der Waals surface area (Å²) < 4.78 is 6.88. The molecule has 0 amide bonds. The first-order valence-corrected chi connectivity index (χ1v) is 9.28. The van der Waals surface area contributed by atoms with E-state index in [4.69, 9.17) is 4.74 Å². The quantitative estimate of drug-likeness (QED) is 0.315. The standard InChI is InChI=1S/C19H26BrN5O.HI/c1-14(26-17-10-6-5-9-16(17)20)12-22-19(21-2)23-13-15-8-7-11-18(24-15)25(3)4;/h5-11,14H,12-13H2,1-4H3,(H2,21,22,23);1H. The van der Waals surface area contributed by atoms with Crippen molar-refractivity contribution in [2.24, 2.45) is 4.99 Å². The van der Waals surface area contributed by atoms with Gasteiger partial charge in [-0.25, -0.2) is 4.98 Å². The van der Waals surface area contributed by atoms with Crippen molar-refractivity contribution in [2.45, 2.75) is 19.6 Å². The number of nitrogens with one attached hydrogen (secondary N) is 2. The van der Waals surface area contributed by atoms with E-state index in [0.717, 1.165) is 21.7 Å². The summed E-state index contributed by atoms with van der Waals surface area (Å²) >= 11 is 3.49. The minimum Gasteiger partial charge on any atom is -0.488 e. The number of anilines is 1. The van der Waals surface area contributed by atoms with Crippen LogP contribution in [0.15, 0.2) is 51.9 Å². The van der Waals surface area contributed by atoms with Crippen LogP contribution in [0.3, 0.4) is 0 Å². The van der Waals surface area contributed by atoms with Gasteiger partial charge in [0.05, 0.1) is 23.3 Å². The third-order valence-corrected chi connectivity index (χ3v) is 4.29. The number of aromatic nitrogens is 1. The Morgan fingerprint density at radius 3 is 2.59 bits per heavy atom. The van der Waals surface area contributed by atoms with E-state index in [2.05, 4.69) is 36.5 Å². The Labute approximate surface area is 187 Å². The van der Waals surface area contributed by atoms with Crippen molar-refractivity contribution in [3.63, 3.8) is 0 Å². The van der Waals surface area contributed by atoms with Gasteiger partial charge in [0, 0.05) is 21.1 Å².